The zero-order chi connectivity index (χ0) is 9.31. The van der Waals surface area contributed by atoms with E-state index in [1.807, 2.05) is 0 Å². The van der Waals surface area contributed by atoms with Crippen molar-refractivity contribution >= 4 is 11.4 Å². The number of hydrogen-bond donors (Lipinski definition) is 0. The first-order valence-corrected chi connectivity index (χ1v) is 5.74. The highest BCUT2D eigenvalue weighted by Gasteiger charge is 2.34. The molecular formula is C8H16NO3S+. The molecule has 0 spiro atoms. The minimum Gasteiger partial charge on any atom is -0.324 e. The molecule has 0 aromatic rings. The second-order valence-corrected chi connectivity index (χ2v) is 5.00. The summed E-state index contributed by atoms with van der Waals surface area (Å²) in [5, 5.41) is 0. The molecule has 13 heavy (non-hydrogen) atoms. The lowest BCUT2D eigenvalue weighted by atomic mass is 10.3. The van der Waals surface area contributed by atoms with E-state index in [1.165, 1.54) is 25.9 Å². The maximum atomic E-state index is 10.8. The molecule has 2 heterocycles. The first-order valence-electron chi connectivity index (χ1n) is 4.74. The van der Waals surface area contributed by atoms with Crippen molar-refractivity contribution in [3.8, 4) is 0 Å². The van der Waals surface area contributed by atoms with E-state index in [9.17, 15) is 4.21 Å². The Hall–Kier alpha value is 0.0300. The van der Waals surface area contributed by atoms with Crippen molar-refractivity contribution in [2.45, 2.75) is 18.9 Å². The number of rotatable bonds is 2. The Labute approximate surface area is 81.3 Å². The van der Waals surface area contributed by atoms with Gasteiger partial charge in [-0.05, 0) is 0 Å². The van der Waals surface area contributed by atoms with E-state index in [0.29, 0.717) is 6.61 Å². The molecule has 2 unspecified atom stereocenters. The normalized spacial score (nSPS) is 38.2. The molecule has 2 aliphatic heterocycles. The average Bonchev–Trinajstić information content (AvgIpc) is 2.62. The van der Waals surface area contributed by atoms with Crippen molar-refractivity contribution in [2.24, 2.45) is 0 Å². The molecule has 0 N–H and O–H groups in total. The number of hydrogen-bond acceptors (Lipinski definition) is 3. The summed E-state index contributed by atoms with van der Waals surface area (Å²) in [5.74, 6) is 0. The Balaban J connectivity index is 1.86. The molecule has 2 fully saturated rings. The van der Waals surface area contributed by atoms with Gasteiger partial charge < -0.3 is 4.48 Å². The fourth-order valence-electron chi connectivity index (χ4n) is 2.15. The average molecular weight is 206 g/mol. The van der Waals surface area contributed by atoms with E-state index in [-0.39, 0.29) is 6.10 Å². The van der Waals surface area contributed by atoms with Gasteiger partial charge in [-0.15, -0.1) is 0 Å². The van der Waals surface area contributed by atoms with Crippen molar-refractivity contribution in [3.05, 3.63) is 0 Å². The largest absolute Gasteiger partial charge is 0.324 e. The standard InChI is InChI=1S/C8H16NO3S/c1-9(4-2-3-5-9)6-8-7-11-13(10)12-8/h8H,2-7H2,1H3/q+1. The van der Waals surface area contributed by atoms with Gasteiger partial charge in [0, 0.05) is 12.8 Å². The van der Waals surface area contributed by atoms with Gasteiger partial charge in [0.2, 0.25) is 0 Å². The molecule has 2 atom stereocenters. The zero-order valence-corrected chi connectivity index (χ0v) is 8.72. The van der Waals surface area contributed by atoms with Gasteiger partial charge in [-0.2, -0.15) is 4.21 Å². The van der Waals surface area contributed by atoms with Gasteiger partial charge in [0.1, 0.15) is 6.54 Å². The second-order valence-electron chi connectivity index (χ2n) is 4.16. The van der Waals surface area contributed by atoms with Crippen LogP contribution in [-0.2, 0) is 19.7 Å². The quantitative estimate of drug-likeness (QED) is 0.606. The van der Waals surface area contributed by atoms with Crippen LogP contribution < -0.4 is 0 Å². The third kappa shape index (κ3) is 2.28. The van der Waals surface area contributed by atoms with Gasteiger partial charge in [-0.25, -0.2) is 0 Å². The first kappa shape index (κ1) is 9.58. The Morgan fingerprint density at radius 1 is 1.46 bits per heavy atom. The van der Waals surface area contributed by atoms with Crippen LogP contribution in [0.1, 0.15) is 12.8 Å². The number of quaternary nitrogens is 1. The van der Waals surface area contributed by atoms with Crippen LogP contribution in [0.3, 0.4) is 0 Å². The Morgan fingerprint density at radius 2 is 2.15 bits per heavy atom. The molecule has 0 bridgehead atoms. The highest BCUT2D eigenvalue weighted by molar-refractivity contribution is 7.75. The van der Waals surface area contributed by atoms with Crippen LogP contribution in [0, 0.1) is 0 Å². The molecule has 0 aliphatic carbocycles. The maximum absolute atomic E-state index is 10.8. The highest BCUT2D eigenvalue weighted by Crippen LogP contribution is 2.20. The monoisotopic (exact) mass is 206 g/mol. The minimum absolute atomic E-state index is 0.0314. The topological polar surface area (TPSA) is 35.5 Å². The molecule has 4 nitrogen and oxygen atoms in total. The molecule has 0 aromatic heterocycles. The summed E-state index contributed by atoms with van der Waals surface area (Å²) in [5.41, 5.74) is 0. The summed E-state index contributed by atoms with van der Waals surface area (Å²) in [6, 6.07) is 0. The summed E-state index contributed by atoms with van der Waals surface area (Å²) in [7, 11) is 2.23. The number of nitrogens with zero attached hydrogens (tertiary/aromatic N) is 1. The molecule has 0 amide bonds. The third-order valence-electron chi connectivity index (χ3n) is 2.86. The van der Waals surface area contributed by atoms with E-state index in [0.717, 1.165) is 11.0 Å². The van der Waals surface area contributed by atoms with Crippen LogP contribution in [-0.4, -0.2) is 48.1 Å². The van der Waals surface area contributed by atoms with Crippen LogP contribution in [0.2, 0.25) is 0 Å². The number of likely N-dealkylation sites (tertiary alicyclic amines) is 1. The van der Waals surface area contributed by atoms with Crippen molar-refractivity contribution in [1.29, 1.82) is 0 Å². The second kappa shape index (κ2) is 3.65. The van der Waals surface area contributed by atoms with Crippen LogP contribution in [0.5, 0.6) is 0 Å². The molecule has 2 aliphatic rings. The Morgan fingerprint density at radius 3 is 2.69 bits per heavy atom. The smallest absolute Gasteiger partial charge is 0.305 e. The first-order chi connectivity index (χ1) is 6.18. The molecule has 2 saturated heterocycles. The van der Waals surface area contributed by atoms with E-state index in [2.05, 4.69) is 7.05 Å². The lowest BCUT2D eigenvalue weighted by Crippen LogP contribution is -2.46. The molecule has 0 saturated carbocycles. The molecule has 0 aromatic carbocycles. The summed E-state index contributed by atoms with van der Waals surface area (Å²) in [6.45, 7) is 3.85. The fraction of sp³-hybridized carbons (Fsp3) is 1.00. The molecule has 2 rings (SSSR count). The van der Waals surface area contributed by atoms with Gasteiger partial charge in [0.05, 0.1) is 26.7 Å². The van der Waals surface area contributed by atoms with Gasteiger partial charge in [0.15, 0.2) is 6.10 Å². The van der Waals surface area contributed by atoms with Crippen LogP contribution in [0.25, 0.3) is 0 Å². The van der Waals surface area contributed by atoms with Gasteiger partial charge in [0.25, 0.3) is 0 Å². The van der Waals surface area contributed by atoms with Gasteiger partial charge >= 0.3 is 11.4 Å². The number of likely N-dealkylation sites (N-methyl/N-ethyl adjacent to an activating group) is 1. The van der Waals surface area contributed by atoms with Crippen molar-refractivity contribution in [1.82, 2.24) is 0 Å². The van der Waals surface area contributed by atoms with E-state index >= 15 is 0 Å². The van der Waals surface area contributed by atoms with Crippen molar-refractivity contribution < 1.29 is 17.1 Å². The van der Waals surface area contributed by atoms with Crippen molar-refractivity contribution in [3.63, 3.8) is 0 Å². The van der Waals surface area contributed by atoms with Crippen LogP contribution >= 0.6 is 0 Å². The summed E-state index contributed by atoms with van der Waals surface area (Å²) < 4.78 is 21.8. The third-order valence-corrected chi connectivity index (χ3v) is 3.61. The fourth-order valence-corrected chi connectivity index (χ4v) is 2.81. The van der Waals surface area contributed by atoms with Crippen molar-refractivity contribution in [2.75, 3.05) is 33.3 Å². The van der Waals surface area contributed by atoms with Gasteiger partial charge in [-0.3, -0.25) is 8.37 Å². The Bertz CT molecular complexity index is 215. The summed E-state index contributed by atoms with van der Waals surface area (Å²) >= 11 is -1.48. The van der Waals surface area contributed by atoms with Crippen LogP contribution in [0.15, 0.2) is 0 Å². The van der Waals surface area contributed by atoms with E-state index < -0.39 is 11.4 Å². The zero-order valence-electron chi connectivity index (χ0n) is 7.90. The predicted molar refractivity (Wildman–Crippen MR) is 49.0 cm³/mol. The highest BCUT2D eigenvalue weighted by atomic mass is 32.2. The van der Waals surface area contributed by atoms with E-state index in [4.69, 9.17) is 8.37 Å². The predicted octanol–water partition coefficient (Wildman–Crippen LogP) is 0.221. The Kier molecular flexibility index (Phi) is 2.69. The molecule has 76 valence electrons. The molecular weight excluding hydrogens is 190 g/mol. The minimum atomic E-state index is -1.48. The van der Waals surface area contributed by atoms with E-state index in [1.54, 1.807) is 0 Å². The summed E-state index contributed by atoms with van der Waals surface area (Å²) in [6.07, 6.45) is 2.63. The van der Waals surface area contributed by atoms with Gasteiger partial charge in [-0.1, -0.05) is 0 Å². The molecule has 5 heteroatoms. The molecule has 0 radical (unpaired) electrons. The SMILES string of the molecule is C[N+]1(CC2COS(=O)O2)CCCC1. The maximum Gasteiger partial charge on any atom is 0.305 e. The lowest BCUT2D eigenvalue weighted by molar-refractivity contribution is -0.900. The lowest BCUT2D eigenvalue weighted by Gasteiger charge is -2.30. The summed E-state index contributed by atoms with van der Waals surface area (Å²) in [4.78, 5) is 0. The van der Waals surface area contributed by atoms with Crippen LogP contribution in [0.4, 0.5) is 0 Å².